The predicted molar refractivity (Wildman–Crippen MR) is 75.1 cm³/mol. The Morgan fingerprint density at radius 3 is 2.80 bits per heavy atom. The van der Waals surface area contributed by atoms with Gasteiger partial charge in [-0.05, 0) is 19.1 Å². The molecule has 0 radical (unpaired) electrons. The van der Waals surface area contributed by atoms with Crippen molar-refractivity contribution in [2.24, 2.45) is 0 Å². The summed E-state index contributed by atoms with van der Waals surface area (Å²) in [4.78, 5) is 32.8. The van der Waals surface area contributed by atoms with E-state index in [1.54, 1.807) is 11.2 Å². The maximum Gasteiger partial charge on any atom is 0.305 e. The predicted octanol–water partition coefficient (Wildman–Crippen LogP) is 1.93. The zero-order chi connectivity index (χ0) is 14.7. The normalized spacial score (nSPS) is 14.1. The molecule has 0 aromatic carbocycles. The van der Waals surface area contributed by atoms with Crippen LogP contribution in [0.4, 0.5) is 0 Å². The fourth-order valence-electron chi connectivity index (χ4n) is 1.79. The van der Waals surface area contributed by atoms with Crippen molar-refractivity contribution in [2.75, 3.05) is 12.8 Å². The van der Waals surface area contributed by atoms with Crippen molar-refractivity contribution in [1.29, 1.82) is 0 Å². The highest BCUT2D eigenvalue weighted by Crippen LogP contribution is 2.29. The Labute approximate surface area is 125 Å². The van der Waals surface area contributed by atoms with Gasteiger partial charge in [0.15, 0.2) is 10.9 Å². The average Bonchev–Trinajstić information content (AvgIpc) is 3.23. The van der Waals surface area contributed by atoms with E-state index < -0.39 is 5.97 Å². The monoisotopic (exact) mass is 315 g/mol. The number of carbonyl (C=O) groups excluding carboxylic acids is 1. The first-order chi connectivity index (χ1) is 9.52. The van der Waals surface area contributed by atoms with E-state index in [0.29, 0.717) is 5.16 Å². The Hall–Kier alpha value is -1.34. The molecule has 1 amide bonds. The third kappa shape index (κ3) is 3.61. The van der Waals surface area contributed by atoms with Gasteiger partial charge in [-0.3, -0.25) is 9.59 Å². The fraction of sp³-hybridized carbons (Fsp3) is 0.500. The van der Waals surface area contributed by atoms with E-state index in [1.165, 1.54) is 18.0 Å². The molecule has 0 unspecified atom stereocenters. The van der Waals surface area contributed by atoms with E-state index in [9.17, 15) is 9.59 Å². The number of nitrogens with zero attached hydrogens (tertiary/aromatic N) is 3. The van der Waals surface area contributed by atoms with Gasteiger partial charge in [-0.2, -0.15) is 0 Å². The fourth-order valence-corrected chi connectivity index (χ4v) is 2.30. The van der Waals surface area contributed by atoms with Gasteiger partial charge in [0.1, 0.15) is 0 Å². The molecule has 0 bridgehead atoms. The third-order valence-electron chi connectivity index (χ3n) is 2.92. The molecule has 1 fully saturated rings. The molecule has 1 heterocycles. The van der Waals surface area contributed by atoms with Crippen LogP contribution in [0.5, 0.6) is 0 Å². The lowest BCUT2D eigenvalue weighted by Crippen LogP contribution is -2.35. The van der Waals surface area contributed by atoms with E-state index in [2.05, 4.69) is 9.97 Å². The van der Waals surface area contributed by atoms with Crippen LogP contribution in [0.3, 0.4) is 0 Å². The highest BCUT2D eigenvalue weighted by molar-refractivity contribution is 7.98. The van der Waals surface area contributed by atoms with Crippen molar-refractivity contribution in [3.8, 4) is 0 Å². The van der Waals surface area contributed by atoms with Gasteiger partial charge in [-0.1, -0.05) is 23.4 Å². The number of carbonyl (C=O) groups is 2. The summed E-state index contributed by atoms with van der Waals surface area (Å²) >= 11 is 7.30. The third-order valence-corrected chi connectivity index (χ3v) is 3.76. The number of amides is 1. The molecular weight excluding hydrogens is 302 g/mol. The van der Waals surface area contributed by atoms with Crippen LogP contribution < -0.4 is 0 Å². The van der Waals surface area contributed by atoms with Crippen LogP contribution in [0.2, 0.25) is 5.02 Å². The van der Waals surface area contributed by atoms with Crippen LogP contribution >= 0.6 is 23.4 Å². The molecular formula is C12H14ClN3O3S. The first kappa shape index (κ1) is 15.1. The van der Waals surface area contributed by atoms with Gasteiger partial charge in [-0.25, -0.2) is 9.97 Å². The Kier molecular flexibility index (Phi) is 4.82. The van der Waals surface area contributed by atoms with Crippen LogP contribution in [-0.4, -0.2) is 50.7 Å². The molecule has 6 nitrogen and oxygen atoms in total. The Morgan fingerprint density at radius 2 is 2.25 bits per heavy atom. The molecule has 1 aromatic heterocycles. The van der Waals surface area contributed by atoms with Crippen LogP contribution in [0.25, 0.3) is 0 Å². The molecule has 8 heteroatoms. The second kappa shape index (κ2) is 6.41. The largest absolute Gasteiger partial charge is 0.481 e. The minimum Gasteiger partial charge on any atom is -0.481 e. The topological polar surface area (TPSA) is 83.4 Å². The second-order valence-corrected chi connectivity index (χ2v) is 5.61. The number of aromatic nitrogens is 2. The maximum atomic E-state index is 12.5. The molecule has 1 saturated carbocycles. The summed E-state index contributed by atoms with van der Waals surface area (Å²) in [6.07, 6.45) is 4.91. The number of hydrogen-bond acceptors (Lipinski definition) is 5. The molecule has 108 valence electrons. The smallest absolute Gasteiger partial charge is 0.305 e. The zero-order valence-electron chi connectivity index (χ0n) is 10.9. The SMILES string of the molecule is CSc1ncc(Cl)c(C(=O)N(CCC(=O)O)C2CC2)n1. The number of hydrogen-bond donors (Lipinski definition) is 1. The highest BCUT2D eigenvalue weighted by atomic mass is 35.5. The highest BCUT2D eigenvalue weighted by Gasteiger charge is 2.34. The summed E-state index contributed by atoms with van der Waals surface area (Å²) in [5.74, 6) is -1.25. The molecule has 1 aromatic rings. The molecule has 1 aliphatic carbocycles. The molecule has 1 N–H and O–H groups in total. The first-order valence-corrected chi connectivity index (χ1v) is 7.72. The van der Waals surface area contributed by atoms with Crippen molar-refractivity contribution in [2.45, 2.75) is 30.5 Å². The molecule has 0 saturated heterocycles. The van der Waals surface area contributed by atoms with Crippen molar-refractivity contribution >= 4 is 35.2 Å². The van der Waals surface area contributed by atoms with Gasteiger partial charge >= 0.3 is 5.97 Å². The molecule has 1 aliphatic rings. The summed E-state index contributed by atoms with van der Waals surface area (Å²) in [5.41, 5.74) is 0.142. The molecule has 0 atom stereocenters. The van der Waals surface area contributed by atoms with Gasteiger partial charge in [-0.15, -0.1) is 0 Å². The maximum absolute atomic E-state index is 12.5. The van der Waals surface area contributed by atoms with E-state index in [4.69, 9.17) is 16.7 Å². The van der Waals surface area contributed by atoms with E-state index in [0.717, 1.165) is 12.8 Å². The minimum absolute atomic E-state index is 0.0830. The van der Waals surface area contributed by atoms with Gasteiger partial charge in [0.2, 0.25) is 0 Å². The van der Waals surface area contributed by atoms with Crippen LogP contribution in [0, 0.1) is 0 Å². The van der Waals surface area contributed by atoms with Gasteiger partial charge in [0.05, 0.1) is 17.6 Å². The Balaban J connectivity index is 2.20. The van der Waals surface area contributed by atoms with Gasteiger partial charge in [0, 0.05) is 12.6 Å². The van der Waals surface area contributed by atoms with E-state index in [1.807, 2.05) is 0 Å². The van der Waals surface area contributed by atoms with Crippen molar-refractivity contribution < 1.29 is 14.7 Å². The quantitative estimate of drug-likeness (QED) is 0.638. The Morgan fingerprint density at radius 1 is 1.55 bits per heavy atom. The zero-order valence-corrected chi connectivity index (χ0v) is 12.4. The second-order valence-electron chi connectivity index (χ2n) is 4.43. The van der Waals surface area contributed by atoms with Gasteiger partial charge < -0.3 is 10.0 Å². The van der Waals surface area contributed by atoms with Crippen LogP contribution in [-0.2, 0) is 4.79 Å². The number of halogens is 1. The number of aliphatic carboxylic acids is 1. The van der Waals surface area contributed by atoms with Gasteiger partial charge in [0.25, 0.3) is 5.91 Å². The number of carboxylic acids is 1. The van der Waals surface area contributed by atoms with Crippen molar-refractivity contribution in [1.82, 2.24) is 14.9 Å². The summed E-state index contributed by atoms with van der Waals surface area (Å²) in [7, 11) is 0. The summed E-state index contributed by atoms with van der Waals surface area (Å²) in [5, 5.41) is 9.41. The molecule has 0 aliphatic heterocycles. The number of rotatable bonds is 6. The van der Waals surface area contributed by atoms with E-state index in [-0.39, 0.29) is 35.6 Å². The van der Waals surface area contributed by atoms with Crippen molar-refractivity contribution in [3.63, 3.8) is 0 Å². The minimum atomic E-state index is -0.929. The van der Waals surface area contributed by atoms with E-state index >= 15 is 0 Å². The molecule has 0 spiro atoms. The van der Waals surface area contributed by atoms with Crippen molar-refractivity contribution in [3.05, 3.63) is 16.9 Å². The lowest BCUT2D eigenvalue weighted by molar-refractivity contribution is -0.137. The summed E-state index contributed by atoms with van der Waals surface area (Å²) < 4.78 is 0. The average molecular weight is 316 g/mol. The number of thioether (sulfide) groups is 1. The Bertz CT molecular complexity index is 537. The first-order valence-electron chi connectivity index (χ1n) is 6.12. The van der Waals surface area contributed by atoms with Crippen LogP contribution in [0.1, 0.15) is 29.8 Å². The molecule has 2 rings (SSSR count). The summed E-state index contributed by atoms with van der Waals surface area (Å²) in [6.45, 7) is 0.174. The summed E-state index contributed by atoms with van der Waals surface area (Å²) in [6, 6.07) is 0.102. The van der Waals surface area contributed by atoms with Crippen LogP contribution in [0.15, 0.2) is 11.4 Å². The lowest BCUT2D eigenvalue weighted by atomic mass is 10.3. The lowest BCUT2D eigenvalue weighted by Gasteiger charge is -2.21. The standard InChI is InChI=1S/C12H14ClN3O3S/c1-20-12-14-6-8(13)10(15-12)11(19)16(7-2-3-7)5-4-9(17)18/h6-7H,2-5H2,1H3,(H,17,18). The number of carboxylic acid groups (broad SMARTS) is 1. The molecule has 20 heavy (non-hydrogen) atoms.